The summed E-state index contributed by atoms with van der Waals surface area (Å²) < 4.78 is 5.12. The number of methoxy groups -OCH3 is 1. The van der Waals surface area contributed by atoms with Gasteiger partial charge in [-0.25, -0.2) is 0 Å². The summed E-state index contributed by atoms with van der Waals surface area (Å²) >= 11 is 5.32. The van der Waals surface area contributed by atoms with Crippen molar-refractivity contribution in [2.45, 2.75) is 71.3 Å². The van der Waals surface area contributed by atoms with Gasteiger partial charge in [0.2, 0.25) is 0 Å². The van der Waals surface area contributed by atoms with Gasteiger partial charge < -0.3 is 20.5 Å². The second-order valence-corrected chi connectivity index (χ2v) is 8.25. The molecule has 0 unspecified atom stereocenters. The maximum absolute atomic E-state index is 9.64. The third-order valence-electron chi connectivity index (χ3n) is 4.99. The first-order chi connectivity index (χ1) is 16.2. The third kappa shape index (κ3) is 15.8. The van der Waals surface area contributed by atoms with Crippen LogP contribution >= 0.6 is 12.2 Å². The summed E-state index contributed by atoms with van der Waals surface area (Å²) in [7, 11) is 1.54. The number of benzene rings is 1. The molecule has 5 heteroatoms. The van der Waals surface area contributed by atoms with Crippen molar-refractivity contribution in [3.8, 4) is 11.5 Å². The van der Waals surface area contributed by atoms with E-state index < -0.39 is 0 Å². The normalized spacial score (nSPS) is 11.8. The molecular formula is C28H42N2O2S. The topological polar surface area (TPSA) is 53.5 Å². The Balaban J connectivity index is 2.00. The maximum atomic E-state index is 9.64. The number of ether oxygens (including phenoxy) is 1. The Morgan fingerprint density at radius 1 is 0.879 bits per heavy atom. The maximum Gasteiger partial charge on any atom is 0.166 e. The number of hydrogen-bond donors (Lipinski definition) is 3. The SMILES string of the molecule is CCCCC/C=C\C/C=C\C/C=C\C/C=C\CCCNC(=S)NCc1ccc(O)c(OC)c1. The summed E-state index contributed by atoms with van der Waals surface area (Å²) in [5.74, 6) is 0.603. The number of hydrogen-bond acceptors (Lipinski definition) is 3. The van der Waals surface area contributed by atoms with Crippen LogP contribution in [0.15, 0.2) is 66.8 Å². The van der Waals surface area contributed by atoms with E-state index in [1.54, 1.807) is 12.1 Å². The standard InChI is InChI=1S/C28H42N2O2S/c1-3-4-5-6-7-8-9-10-11-12-13-14-15-16-17-18-19-22-29-28(33)30-24-25-20-21-26(31)27(23-25)32-2/h7-8,10-11,13-14,16-17,20-21,23,31H,3-6,9,12,15,18-19,22,24H2,1-2H3,(H2,29,30,33)/b8-7-,11-10-,14-13-,17-16-. The first kappa shape index (κ1) is 28.5. The highest BCUT2D eigenvalue weighted by molar-refractivity contribution is 7.80. The van der Waals surface area contributed by atoms with Gasteiger partial charge in [0, 0.05) is 13.1 Å². The molecule has 0 spiro atoms. The average molecular weight is 471 g/mol. The highest BCUT2D eigenvalue weighted by atomic mass is 32.1. The van der Waals surface area contributed by atoms with Crippen molar-refractivity contribution < 1.29 is 9.84 Å². The first-order valence-electron chi connectivity index (χ1n) is 12.1. The van der Waals surface area contributed by atoms with Gasteiger partial charge in [-0.15, -0.1) is 0 Å². The van der Waals surface area contributed by atoms with Crippen LogP contribution in [0.2, 0.25) is 0 Å². The second kappa shape index (κ2) is 20.1. The van der Waals surface area contributed by atoms with Gasteiger partial charge >= 0.3 is 0 Å². The molecule has 0 atom stereocenters. The molecule has 33 heavy (non-hydrogen) atoms. The summed E-state index contributed by atoms with van der Waals surface area (Å²) in [6, 6.07) is 5.27. The number of aromatic hydroxyl groups is 1. The molecule has 1 aromatic rings. The van der Waals surface area contributed by atoms with E-state index in [1.165, 1.54) is 32.8 Å². The molecule has 182 valence electrons. The van der Waals surface area contributed by atoms with Crippen LogP contribution in [0.25, 0.3) is 0 Å². The molecular weight excluding hydrogens is 428 g/mol. The predicted octanol–water partition coefficient (Wildman–Crippen LogP) is 7.12. The van der Waals surface area contributed by atoms with E-state index in [0.29, 0.717) is 17.4 Å². The number of nitrogens with one attached hydrogen (secondary N) is 2. The fourth-order valence-corrected chi connectivity index (χ4v) is 3.23. The van der Waals surface area contributed by atoms with Crippen molar-refractivity contribution in [2.24, 2.45) is 0 Å². The summed E-state index contributed by atoms with van der Waals surface area (Å²) in [6.45, 7) is 3.66. The molecule has 0 fully saturated rings. The Hall–Kier alpha value is -2.53. The summed E-state index contributed by atoms with van der Waals surface area (Å²) in [5.41, 5.74) is 0.995. The summed E-state index contributed by atoms with van der Waals surface area (Å²) in [6.07, 6.45) is 28.2. The van der Waals surface area contributed by atoms with Gasteiger partial charge in [-0.2, -0.15) is 0 Å². The van der Waals surface area contributed by atoms with Crippen LogP contribution in [-0.4, -0.2) is 23.9 Å². The average Bonchev–Trinajstić information content (AvgIpc) is 2.82. The quantitative estimate of drug-likeness (QED) is 0.129. The number of phenols is 1. The smallest absolute Gasteiger partial charge is 0.166 e. The lowest BCUT2D eigenvalue weighted by atomic mass is 10.2. The Bertz CT molecular complexity index is 769. The highest BCUT2D eigenvalue weighted by Gasteiger charge is 2.03. The zero-order valence-electron chi connectivity index (χ0n) is 20.4. The van der Waals surface area contributed by atoms with Crippen LogP contribution < -0.4 is 15.4 Å². The fourth-order valence-electron chi connectivity index (χ4n) is 3.06. The molecule has 3 N–H and O–H groups in total. The molecule has 0 bridgehead atoms. The van der Waals surface area contributed by atoms with Crippen LogP contribution in [0.4, 0.5) is 0 Å². The molecule has 0 amide bonds. The molecule has 0 saturated heterocycles. The van der Waals surface area contributed by atoms with E-state index >= 15 is 0 Å². The molecule has 4 nitrogen and oxygen atoms in total. The minimum Gasteiger partial charge on any atom is -0.504 e. The Morgan fingerprint density at radius 2 is 1.48 bits per heavy atom. The van der Waals surface area contributed by atoms with Crippen molar-refractivity contribution in [1.29, 1.82) is 0 Å². The lowest BCUT2D eigenvalue weighted by molar-refractivity contribution is 0.373. The lowest BCUT2D eigenvalue weighted by Crippen LogP contribution is -2.35. The van der Waals surface area contributed by atoms with Gasteiger partial charge in [-0.3, -0.25) is 0 Å². The fraction of sp³-hybridized carbons (Fsp3) is 0.464. The number of allylic oxidation sites excluding steroid dienone is 8. The second-order valence-electron chi connectivity index (χ2n) is 7.85. The first-order valence-corrected chi connectivity index (χ1v) is 12.6. The molecule has 0 aromatic heterocycles. The van der Waals surface area contributed by atoms with Crippen molar-refractivity contribution in [1.82, 2.24) is 10.6 Å². The van der Waals surface area contributed by atoms with E-state index in [-0.39, 0.29) is 5.75 Å². The van der Waals surface area contributed by atoms with E-state index in [2.05, 4.69) is 66.2 Å². The number of thiocarbonyl (C=S) groups is 1. The highest BCUT2D eigenvalue weighted by Crippen LogP contribution is 2.26. The van der Waals surface area contributed by atoms with E-state index in [1.807, 2.05) is 6.07 Å². The minimum atomic E-state index is 0.138. The van der Waals surface area contributed by atoms with Crippen LogP contribution in [0, 0.1) is 0 Å². The van der Waals surface area contributed by atoms with Crippen LogP contribution in [0.3, 0.4) is 0 Å². The van der Waals surface area contributed by atoms with Crippen LogP contribution in [0.1, 0.15) is 70.3 Å². The molecule has 0 saturated carbocycles. The van der Waals surface area contributed by atoms with Crippen molar-refractivity contribution in [2.75, 3.05) is 13.7 Å². The molecule has 1 aromatic carbocycles. The Kier molecular flexibility index (Phi) is 17.4. The number of phenolic OH excluding ortho intramolecular Hbond substituents is 1. The van der Waals surface area contributed by atoms with E-state index in [0.717, 1.165) is 44.2 Å². The van der Waals surface area contributed by atoms with Gasteiger partial charge in [0.05, 0.1) is 7.11 Å². The molecule has 0 aliphatic carbocycles. The van der Waals surface area contributed by atoms with Gasteiger partial charge in [-0.05, 0) is 74.9 Å². The summed E-state index contributed by atoms with van der Waals surface area (Å²) in [4.78, 5) is 0. The third-order valence-corrected chi connectivity index (χ3v) is 5.28. The summed E-state index contributed by atoms with van der Waals surface area (Å²) in [5, 5.41) is 16.7. The number of rotatable bonds is 17. The van der Waals surface area contributed by atoms with Crippen molar-refractivity contribution in [3.05, 3.63) is 72.4 Å². The minimum absolute atomic E-state index is 0.138. The van der Waals surface area contributed by atoms with Crippen LogP contribution in [0.5, 0.6) is 11.5 Å². The zero-order valence-corrected chi connectivity index (χ0v) is 21.2. The van der Waals surface area contributed by atoms with Gasteiger partial charge in [0.15, 0.2) is 16.6 Å². The number of unbranched alkanes of at least 4 members (excludes halogenated alkanes) is 4. The van der Waals surface area contributed by atoms with E-state index in [4.69, 9.17) is 17.0 Å². The van der Waals surface area contributed by atoms with Crippen molar-refractivity contribution >= 4 is 17.3 Å². The van der Waals surface area contributed by atoms with E-state index in [9.17, 15) is 5.11 Å². The van der Waals surface area contributed by atoms with Crippen molar-refractivity contribution in [3.63, 3.8) is 0 Å². The predicted molar refractivity (Wildman–Crippen MR) is 146 cm³/mol. The molecule has 0 heterocycles. The monoisotopic (exact) mass is 470 g/mol. The largest absolute Gasteiger partial charge is 0.504 e. The Labute approximate surface area is 206 Å². The lowest BCUT2D eigenvalue weighted by Gasteiger charge is -2.11. The zero-order chi connectivity index (χ0) is 24.0. The molecule has 0 radical (unpaired) electrons. The van der Waals surface area contributed by atoms with Gasteiger partial charge in [-0.1, -0.05) is 74.4 Å². The van der Waals surface area contributed by atoms with Gasteiger partial charge in [0.1, 0.15) is 0 Å². The van der Waals surface area contributed by atoms with Crippen LogP contribution in [-0.2, 0) is 6.54 Å². The molecule has 0 aliphatic rings. The molecule has 0 aliphatic heterocycles. The van der Waals surface area contributed by atoms with Gasteiger partial charge in [0.25, 0.3) is 0 Å². The molecule has 1 rings (SSSR count). The Morgan fingerprint density at radius 3 is 2.09 bits per heavy atom.